The molecule has 0 unspecified atom stereocenters. The highest BCUT2D eigenvalue weighted by molar-refractivity contribution is 6.39. The summed E-state index contributed by atoms with van der Waals surface area (Å²) < 4.78 is 10.4. The maximum atomic E-state index is 13.3. The first kappa shape index (κ1) is 23.6. The predicted octanol–water partition coefficient (Wildman–Crippen LogP) is 5.94. The number of amides is 2. The van der Waals surface area contributed by atoms with E-state index in [0.29, 0.717) is 32.8 Å². The van der Waals surface area contributed by atoms with Gasteiger partial charge in [0.05, 0.1) is 16.7 Å². The third-order valence-electron chi connectivity index (χ3n) is 4.85. The van der Waals surface area contributed by atoms with Crippen LogP contribution in [0, 0.1) is 6.92 Å². The van der Waals surface area contributed by atoms with Gasteiger partial charge in [-0.25, -0.2) is 9.59 Å². The summed E-state index contributed by atoms with van der Waals surface area (Å²) in [4.78, 5) is 27.1. The Balaban J connectivity index is 1.94. The van der Waals surface area contributed by atoms with E-state index in [2.05, 4.69) is 10.5 Å². The highest BCUT2D eigenvalue weighted by Gasteiger charge is 2.29. The number of carbonyl (C=O) groups is 2. The van der Waals surface area contributed by atoms with Crippen molar-refractivity contribution in [3.05, 3.63) is 69.9 Å². The maximum absolute atomic E-state index is 13.3. The molecule has 1 atom stereocenters. The Morgan fingerprint density at radius 3 is 2.41 bits per heavy atom. The molecule has 2 aromatic carbocycles. The molecule has 1 aromatic heterocycles. The van der Waals surface area contributed by atoms with E-state index >= 15 is 0 Å². The molecule has 3 rings (SSSR count). The molecule has 0 aliphatic rings. The molecule has 0 aliphatic heterocycles. The molecule has 0 fully saturated rings. The van der Waals surface area contributed by atoms with Crippen LogP contribution in [0.5, 0.6) is 0 Å². The van der Waals surface area contributed by atoms with Crippen LogP contribution in [-0.4, -0.2) is 34.7 Å². The second-order valence-electron chi connectivity index (χ2n) is 7.03. The fraction of sp³-hybridized carbons (Fsp3) is 0.261. The van der Waals surface area contributed by atoms with Crippen molar-refractivity contribution in [1.82, 2.24) is 10.1 Å². The van der Waals surface area contributed by atoms with Crippen LogP contribution in [0.1, 0.15) is 25.2 Å². The molecule has 2 amide bonds. The van der Waals surface area contributed by atoms with E-state index in [1.165, 1.54) is 4.90 Å². The summed E-state index contributed by atoms with van der Waals surface area (Å²) in [5, 5.41) is 7.59. The standard InChI is InChI=1S/C23H23Cl2N3O4/c1-4-31-22(29)14(2)28(13-16-9-6-5-7-10-16)23(30)26-20-15(3)32-27-21(20)19-17(24)11-8-12-18(19)25/h5-12,14H,4,13H2,1-3H3,(H,26,30)/t14-/m1/s1. The van der Waals surface area contributed by atoms with Crippen LogP contribution in [-0.2, 0) is 16.1 Å². The van der Waals surface area contributed by atoms with Gasteiger partial charge in [-0.05, 0) is 38.5 Å². The smallest absolute Gasteiger partial charge is 0.328 e. The number of carbonyl (C=O) groups excluding carboxylic acids is 2. The highest BCUT2D eigenvalue weighted by atomic mass is 35.5. The van der Waals surface area contributed by atoms with E-state index in [1.807, 2.05) is 30.3 Å². The van der Waals surface area contributed by atoms with Gasteiger partial charge in [0.2, 0.25) is 0 Å². The van der Waals surface area contributed by atoms with E-state index in [0.717, 1.165) is 5.56 Å². The number of aryl methyl sites for hydroxylation is 1. The Hall–Kier alpha value is -3.03. The van der Waals surface area contributed by atoms with Crippen molar-refractivity contribution in [3.8, 4) is 11.3 Å². The van der Waals surface area contributed by atoms with Gasteiger partial charge in [0, 0.05) is 12.1 Å². The quantitative estimate of drug-likeness (QED) is 0.427. The molecule has 1 N–H and O–H groups in total. The average molecular weight is 476 g/mol. The van der Waals surface area contributed by atoms with E-state index in [4.69, 9.17) is 32.5 Å². The van der Waals surface area contributed by atoms with Crippen molar-refractivity contribution in [1.29, 1.82) is 0 Å². The molecule has 0 saturated heterocycles. The zero-order valence-electron chi connectivity index (χ0n) is 17.9. The fourth-order valence-electron chi connectivity index (χ4n) is 3.15. The molecule has 168 valence electrons. The van der Waals surface area contributed by atoms with Crippen LogP contribution in [0.4, 0.5) is 10.5 Å². The Morgan fingerprint density at radius 1 is 1.12 bits per heavy atom. The van der Waals surface area contributed by atoms with Crippen LogP contribution in [0.15, 0.2) is 53.1 Å². The molecule has 0 aliphatic carbocycles. The predicted molar refractivity (Wildman–Crippen MR) is 124 cm³/mol. The lowest BCUT2D eigenvalue weighted by Crippen LogP contribution is -2.45. The van der Waals surface area contributed by atoms with Crippen molar-refractivity contribution in [2.75, 3.05) is 11.9 Å². The zero-order valence-corrected chi connectivity index (χ0v) is 19.4. The number of ether oxygens (including phenoxy) is 1. The Morgan fingerprint density at radius 2 is 1.78 bits per heavy atom. The number of aromatic nitrogens is 1. The second-order valence-corrected chi connectivity index (χ2v) is 7.85. The van der Waals surface area contributed by atoms with E-state index < -0.39 is 18.0 Å². The molecule has 0 spiro atoms. The van der Waals surface area contributed by atoms with Crippen LogP contribution in [0.2, 0.25) is 10.0 Å². The minimum absolute atomic E-state index is 0.194. The largest absolute Gasteiger partial charge is 0.464 e. The number of hydrogen-bond donors (Lipinski definition) is 1. The Kier molecular flexibility index (Phi) is 7.77. The minimum Gasteiger partial charge on any atom is -0.464 e. The number of rotatable bonds is 7. The van der Waals surface area contributed by atoms with Crippen molar-refractivity contribution in [2.24, 2.45) is 0 Å². The minimum atomic E-state index is -0.831. The fourth-order valence-corrected chi connectivity index (χ4v) is 3.72. The third kappa shape index (κ3) is 5.23. The van der Waals surface area contributed by atoms with Gasteiger partial charge in [-0.15, -0.1) is 0 Å². The topological polar surface area (TPSA) is 84.7 Å². The van der Waals surface area contributed by atoms with E-state index in [-0.39, 0.29) is 13.2 Å². The van der Waals surface area contributed by atoms with Crippen LogP contribution in [0.3, 0.4) is 0 Å². The summed E-state index contributed by atoms with van der Waals surface area (Å²) in [6, 6.07) is 13.0. The first-order valence-corrected chi connectivity index (χ1v) is 10.8. The lowest BCUT2D eigenvalue weighted by Gasteiger charge is -2.28. The lowest BCUT2D eigenvalue weighted by molar-refractivity contribution is -0.147. The highest BCUT2D eigenvalue weighted by Crippen LogP contribution is 2.39. The van der Waals surface area contributed by atoms with Crippen LogP contribution >= 0.6 is 23.2 Å². The maximum Gasteiger partial charge on any atom is 0.328 e. The third-order valence-corrected chi connectivity index (χ3v) is 5.48. The van der Waals surface area contributed by atoms with Crippen molar-refractivity contribution >= 4 is 40.9 Å². The van der Waals surface area contributed by atoms with Gasteiger partial charge < -0.3 is 19.5 Å². The van der Waals surface area contributed by atoms with Gasteiger partial charge in [0.15, 0.2) is 5.76 Å². The number of nitrogens with zero attached hydrogens (tertiary/aromatic N) is 2. The van der Waals surface area contributed by atoms with Gasteiger partial charge in [-0.2, -0.15) is 0 Å². The molecular weight excluding hydrogens is 453 g/mol. The van der Waals surface area contributed by atoms with Gasteiger partial charge in [-0.1, -0.05) is 64.8 Å². The van der Waals surface area contributed by atoms with Crippen molar-refractivity contribution < 1.29 is 18.8 Å². The Labute approximate surface area is 196 Å². The normalized spacial score (nSPS) is 11.7. The zero-order chi connectivity index (χ0) is 23.3. The first-order chi connectivity index (χ1) is 15.3. The SMILES string of the molecule is CCOC(=O)[C@@H](C)N(Cc1ccccc1)C(=O)Nc1c(-c2c(Cl)cccc2Cl)noc1C. The number of anilines is 1. The molecule has 7 nitrogen and oxygen atoms in total. The summed E-state index contributed by atoms with van der Waals surface area (Å²) in [7, 11) is 0. The number of nitrogens with one attached hydrogen (secondary N) is 1. The number of halogens is 2. The average Bonchev–Trinajstić information content (AvgIpc) is 3.12. The van der Waals surface area contributed by atoms with Crippen molar-refractivity contribution in [3.63, 3.8) is 0 Å². The first-order valence-electron chi connectivity index (χ1n) is 10.0. The number of esters is 1. The molecular formula is C23H23Cl2N3O4. The van der Waals surface area contributed by atoms with Gasteiger partial charge >= 0.3 is 12.0 Å². The summed E-state index contributed by atoms with van der Waals surface area (Å²) in [5.74, 6) is -0.136. The number of benzene rings is 2. The second kappa shape index (κ2) is 10.5. The van der Waals surface area contributed by atoms with Crippen molar-refractivity contribution in [2.45, 2.75) is 33.4 Å². The molecule has 3 aromatic rings. The lowest BCUT2D eigenvalue weighted by atomic mass is 10.1. The Bertz CT molecular complexity index is 1080. The van der Waals surface area contributed by atoms with Gasteiger partial charge in [-0.3, -0.25) is 0 Å². The molecule has 0 radical (unpaired) electrons. The number of hydrogen-bond acceptors (Lipinski definition) is 5. The molecule has 0 saturated carbocycles. The van der Waals surface area contributed by atoms with Gasteiger partial charge in [0.25, 0.3) is 0 Å². The summed E-state index contributed by atoms with van der Waals surface area (Å²) in [5.41, 5.74) is 1.92. The van der Waals surface area contributed by atoms with Crippen LogP contribution < -0.4 is 5.32 Å². The summed E-state index contributed by atoms with van der Waals surface area (Å²) in [6.45, 7) is 5.40. The van der Waals surface area contributed by atoms with Crippen LogP contribution in [0.25, 0.3) is 11.3 Å². The summed E-state index contributed by atoms with van der Waals surface area (Å²) >= 11 is 12.7. The molecule has 0 bridgehead atoms. The number of urea groups is 1. The van der Waals surface area contributed by atoms with E-state index in [9.17, 15) is 9.59 Å². The monoisotopic (exact) mass is 475 g/mol. The molecule has 1 heterocycles. The molecule has 9 heteroatoms. The summed E-state index contributed by atoms with van der Waals surface area (Å²) in [6.07, 6.45) is 0. The molecule has 32 heavy (non-hydrogen) atoms. The van der Waals surface area contributed by atoms with Gasteiger partial charge in [0.1, 0.15) is 17.4 Å². The van der Waals surface area contributed by atoms with E-state index in [1.54, 1.807) is 39.0 Å².